The summed E-state index contributed by atoms with van der Waals surface area (Å²) in [5.41, 5.74) is 2.12. The number of carbonyl (C=O) groups excluding carboxylic acids is 2. The maximum atomic E-state index is 13.4. The Kier molecular flexibility index (Phi) is 5.66. The van der Waals surface area contributed by atoms with Crippen LogP contribution in [0.5, 0.6) is 0 Å². The van der Waals surface area contributed by atoms with E-state index in [2.05, 4.69) is 20.5 Å². The van der Waals surface area contributed by atoms with E-state index in [1.807, 2.05) is 47.0 Å². The number of fused-ring (bicyclic) bond motifs is 1. The molecule has 1 N–H and O–H groups in total. The Morgan fingerprint density at radius 2 is 2.06 bits per heavy atom. The Morgan fingerprint density at radius 1 is 1.18 bits per heavy atom. The highest BCUT2D eigenvalue weighted by atomic mass is 32.2. The molecule has 1 aliphatic heterocycles. The summed E-state index contributed by atoms with van der Waals surface area (Å²) >= 11 is 1.29. The Hall–Kier alpha value is -3.92. The molecule has 0 saturated heterocycles. The van der Waals surface area contributed by atoms with Crippen LogP contribution >= 0.6 is 11.8 Å². The number of furan rings is 1. The molecule has 0 saturated carbocycles. The zero-order valence-corrected chi connectivity index (χ0v) is 18.5. The van der Waals surface area contributed by atoms with Gasteiger partial charge in [0.15, 0.2) is 11.0 Å². The topological polar surface area (TPSA) is 106 Å². The number of rotatable bonds is 6. The van der Waals surface area contributed by atoms with Gasteiger partial charge in [-0.2, -0.15) is 0 Å². The highest BCUT2D eigenvalue weighted by molar-refractivity contribution is 8.00. The van der Waals surface area contributed by atoms with Crippen molar-refractivity contribution in [2.24, 2.45) is 0 Å². The van der Waals surface area contributed by atoms with Gasteiger partial charge in [-0.1, -0.05) is 23.9 Å². The maximum absolute atomic E-state index is 13.4. The molecule has 1 atom stereocenters. The minimum atomic E-state index is -0.509. The van der Waals surface area contributed by atoms with Crippen molar-refractivity contribution in [3.63, 3.8) is 0 Å². The molecule has 0 bridgehead atoms. The summed E-state index contributed by atoms with van der Waals surface area (Å²) in [5.74, 6) is 0.962. The first-order valence-electron chi connectivity index (χ1n) is 10.3. The molecule has 9 nitrogen and oxygen atoms in total. The summed E-state index contributed by atoms with van der Waals surface area (Å²) in [6, 6.07) is 14.7. The van der Waals surface area contributed by atoms with Crippen molar-refractivity contribution < 1.29 is 14.0 Å². The molecule has 1 aromatic carbocycles. The highest BCUT2D eigenvalue weighted by Crippen LogP contribution is 2.33. The predicted octanol–water partition coefficient (Wildman–Crippen LogP) is 3.45. The molecule has 3 aromatic heterocycles. The smallest absolute Gasteiger partial charge is 0.244 e. The van der Waals surface area contributed by atoms with Crippen molar-refractivity contribution >= 4 is 35.0 Å². The highest BCUT2D eigenvalue weighted by Gasteiger charge is 2.31. The fourth-order valence-electron chi connectivity index (χ4n) is 3.64. The van der Waals surface area contributed by atoms with E-state index in [1.165, 1.54) is 16.7 Å². The number of amides is 2. The van der Waals surface area contributed by atoms with Crippen molar-refractivity contribution in [3.05, 3.63) is 72.9 Å². The number of pyridine rings is 1. The summed E-state index contributed by atoms with van der Waals surface area (Å²) in [6.07, 6.45) is 5.02. The molecule has 4 heterocycles. The first kappa shape index (κ1) is 21.0. The third-order valence-corrected chi connectivity index (χ3v) is 6.27. The molecule has 0 spiro atoms. The zero-order valence-electron chi connectivity index (χ0n) is 17.7. The molecule has 0 aliphatic carbocycles. The maximum Gasteiger partial charge on any atom is 0.244 e. The van der Waals surface area contributed by atoms with Crippen LogP contribution in [-0.2, 0) is 16.1 Å². The average molecular weight is 461 g/mol. The summed E-state index contributed by atoms with van der Waals surface area (Å²) in [6.45, 7) is 2.18. The van der Waals surface area contributed by atoms with Crippen LogP contribution in [0.25, 0.3) is 11.4 Å². The van der Waals surface area contributed by atoms with Crippen molar-refractivity contribution in [2.75, 3.05) is 16.8 Å². The number of nitrogens with zero attached hydrogens (tertiary/aromatic N) is 5. The number of anilines is 2. The molecular formula is C23H20N6O3S. The SMILES string of the molecule is CC(Sc1nnc(-c2cccnc2)n1Cc1ccco1)C(=O)N1CC(=O)Nc2ccccc21. The molecule has 5 rings (SSSR count). The van der Waals surface area contributed by atoms with Gasteiger partial charge in [-0.25, -0.2) is 0 Å². The monoisotopic (exact) mass is 460 g/mol. The molecule has 4 aromatic rings. The minimum Gasteiger partial charge on any atom is -0.467 e. The van der Waals surface area contributed by atoms with Gasteiger partial charge in [0.2, 0.25) is 11.8 Å². The van der Waals surface area contributed by atoms with Crippen LogP contribution in [0.3, 0.4) is 0 Å². The molecule has 1 unspecified atom stereocenters. The first-order valence-corrected chi connectivity index (χ1v) is 11.2. The van der Waals surface area contributed by atoms with Crippen LogP contribution in [0.4, 0.5) is 11.4 Å². The zero-order chi connectivity index (χ0) is 22.8. The summed E-state index contributed by atoms with van der Waals surface area (Å²) < 4.78 is 7.43. The van der Waals surface area contributed by atoms with Crippen molar-refractivity contribution in [3.8, 4) is 11.4 Å². The van der Waals surface area contributed by atoms with Crippen LogP contribution in [0.1, 0.15) is 12.7 Å². The van der Waals surface area contributed by atoms with Gasteiger partial charge in [-0.05, 0) is 43.3 Å². The van der Waals surface area contributed by atoms with Crippen LogP contribution < -0.4 is 10.2 Å². The quantitative estimate of drug-likeness (QED) is 0.439. The van der Waals surface area contributed by atoms with Crippen LogP contribution in [0.2, 0.25) is 0 Å². The molecule has 2 amide bonds. The van der Waals surface area contributed by atoms with E-state index in [0.29, 0.717) is 28.9 Å². The fourth-order valence-corrected chi connectivity index (χ4v) is 4.55. The molecule has 1 aliphatic rings. The first-order chi connectivity index (χ1) is 16.1. The molecule has 166 valence electrons. The Labute approximate surface area is 193 Å². The fraction of sp³-hybridized carbons (Fsp3) is 0.174. The van der Waals surface area contributed by atoms with E-state index in [1.54, 1.807) is 31.6 Å². The molecular weight excluding hydrogens is 440 g/mol. The molecule has 0 radical (unpaired) electrons. The lowest BCUT2D eigenvalue weighted by Crippen LogP contribution is -2.45. The molecule has 33 heavy (non-hydrogen) atoms. The lowest BCUT2D eigenvalue weighted by molar-refractivity contribution is -0.121. The van der Waals surface area contributed by atoms with Gasteiger partial charge in [-0.15, -0.1) is 10.2 Å². The van der Waals surface area contributed by atoms with E-state index in [-0.39, 0.29) is 18.4 Å². The number of benzene rings is 1. The second-order valence-electron chi connectivity index (χ2n) is 7.46. The van der Waals surface area contributed by atoms with Crippen LogP contribution in [0, 0.1) is 0 Å². The molecule has 10 heteroatoms. The number of hydrogen-bond donors (Lipinski definition) is 1. The Morgan fingerprint density at radius 3 is 2.85 bits per heavy atom. The van der Waals surface area contributed by atoms with Crippen molar-refractivity contribution in [2.45, 2.75) is 23.9 Å². The third-order valence-electron chi connectivity index (χ3n) is 5.20. The number of aromatic nitrogens is 4. The summed E-state index contributed by atoms with van der Waals surface area (Å²) in [5, 5.41) is 11.6. The van der Waals surface area contributed by atoms with Gasteiger partial charge in [0, 0.05) is 18.0 Å². The van der Waals surface area contributed by atoms with E-state index in [0.717, 1.165) is 11.3 Å². The van der Waals surface area contributed by atoms with Gasteiger partial charge >= 0.3 is 0 Å². The largest absolute Gasteiger partial charge is 0.467 e. The lowest BCUT2D eigenvalue weighted by Gasteiger charge is -2.30. The van der Waals surface area contributed by atoms with Gasteiger partial charge in [0.1, 0.15) is 12.3 Å². The second-order valence-corrected chi connectivity index (χ2v) is 8.77. The minimum absolute atomic E-state index is 0.0270. The van der Waals surface area contributed by atoms with Crippen molar-refractivity contribution in [1.82, 2.24) is 19.7 Å². The predicted molar refractivity (Wildman–Crippen MR) is 124 cm³/mol. The number of thioether (sulfide) groups is 1. The average Bonchev–Trinajstić information content (AvgIpc) is 3.49. The van der Waals surface area contributed by atoms with Gasteiger partial charge in [0.25, 0.3) is 0 Å². The van der Waals surface area contributed by atoms with E-state index in [9.17, 15) is 9.59 Å². The van der Waals surface area contributed by atoms with Crippen molar-refractivity contribution in [1.29, 1.82) is 0 Å². The van der Waals surface area contributed by atoms with E-state index < -0.39 is 5.25 Å². The number of carbonyl (C=O) groups is 2. The third kappa shape index (κ3) is 4.24. The van der Waals surface area contributed by atoms with Gasteiger partial charge in [0.05, 0.1) is 29.4 Å². The lowest BCUT2D eigenvalue weighted by atomic mass is 10.2. The summed E-state index contributed by atoms with van der Waals surface area (Å²) in [4.78, 5) is 31.2. The summed E-state index contributed by atoms with van der Waals surface area (Å²) in [7, 11) is 0. The van der Waals surface area contributed by atoms with Crippen LogP contribution in [-0.4, -0.2) is 43.4 Å². The van der Waals surface area contributed by atoms with E-state index >= 15 is 0 Å². The number of hydrogen-bond acceptors (Lipinski definition) is 7. The second kappa shape index (κ2) is 8.91. The number of para-hydroxylation sites is 2. The van der Waals surface area contributed by atoms with Gasteiger partial charge in [-0.3, -0.25) is 24.0 Å². The Bertz CT molecular complexity index is 1290. The Balaban J connectivity index is 1.44. The number of nitrogens with one attached hydrogen (secondary N) is 1. The van der Waals surface area contributed by atoms with E-state index in [4.69, 9.17) is 4.42 Å². The standard InChI is InChI=1S/C23H20N6O3S/c1-15(22(31)28-14-20(30)25-18-8-2-3-9-19(18)28)33-23-27-26-21(16-6-4-10-24-12-16)29(23)13-17-7-5-11-32-17/h2-12,15H,13-14H2,1H3,(H,25,30). The van der Waals surface area contributed by atoms with Gasteiger partial charge < -0.3 is 9.73 Å². The molecule has 0 fully saturated rings. The van der Waals surface area contributed by atoms with Crippen LogP contribution in [0.15, 0.2) is 76.8 Å². The normalized spacial score (nSPS) is 14.0.